The summed E-state index contributed by atoms with van der Waals surface area (Å²) in [7, 11) is 6.13. The quantitative estimate of drug-likeness (QED) is 0.181. The van der Waals surface area contributed by atoms with Crippen LogP contribution in [-0.2, 0) is 0 Å². The number of para-hydroxylation sites is 1. The van der Waals surface area contributed by atoms with E-state index in [0.717, 1.165) is 61.5 Å². The molecule has 1 fully saturated rings. The number of nitrogens with one attached hydrogen (secondary N) is 2. The fraction of sp³-hybridized carbons (Fsp3) is 0.371. The van der Waals surface area contributed by atoms with E-state index in [-0.39, 0.29) is 22.4 Å². The smallest absolute Gasteiger partial charge is 0.256 e. The van der Waals surface area contributed by atoms with Gasteiger partial charge in [-0.05, 0) is 84.5 Å². The second-order valence-electron chi connectivity index (χ2n) is 12.5. The Bertz CT molecular complexity index is 2000. The highest BCUT2D eigenvalue weighted by molar-refractivity contribution is 6.07. The molecule has 1 saturated heterocycles. The zero-order valence-electron chi connectivity index (χ0n) is 25.9. The van der Waals surface area contributed by atoms with Crippen molar-refractivity contribution < 1.29 is 18.3 Å². The number of hydrogen-bond donors (Lipinski definition) is 2. The van der Waals surface area contributed by atoms with Crippen LogP contribution in [-0.4, -0.2) is 73.6 Å². The summed E-state index contributed by atoms with van der Waals surface area (Å²) in [5.74, 6) is -0.374. The number of amides is 1. The molecule has 1 atom stereocenters. The van der Waals surface area contributed by atoms with E-state index in [9.17, 15) is 9.59 Å². The molecule has 0 saturated carbocycles. The molecule has 234 valence electrons. The van der Waals surface area contributed by atoms with Crippen molar-refractivity contribution in [1.29, 1.82) is 0 Å². The lowest BCUT2D eigenvalue weighted by Gasteiger charge is -2.27. The molecule has 0 radical (unpaired) electrons. The van der Waals surface area contributed by atoms with Crippen LogP contribution in [0.4, 0.5) is 10.1 Å². The van der Waals surface area contributed by atoms with Crippen molar-refractivity contribution in [3.05, 3.63) is 70.3 Å². The summed E-state index contributed by atoms with van der Waals surface area (Å²) in [5.41, 5.74) is 2.00. The number of likely N-dealkylation sites (tertiary alicyclic amines) is 1. The first kappa shape index (κ1) is 29.3. The minimum atomic E-state index is -0.597. The van der Waals surface area contributed by atoms with E-state index in [4.69, 9.17) is 9.15 Å². The van der Waals surface area contributed by atoms with Crippen molar-refractivity contribution in [2.75, 3.05) is 52.6 Å². The average Bonchev–Trinajstić information content (AvgIpc) is 3.60. The molecule has 0 spiro atoms. The van der Waals surface area contributed by atoms with E-state index in [1.807, 2.05) is 50.5 Å². The minimum Gasteiger partial charge on any atom is -0.456 e. The second-order valence-corrected chi connectivity index (χ2v) is 12.5. The summed E-state index contributed by atoms with van der Waals surface area (Å²) >= 11 is 0. The summed E-state index contributed by atoms with van der Waals surface area (Å²) < 4.78 is 30.3. The number of ether oxygens (including phenoxy) is 1. The molecule has 1 unspecified atom stereocenters. The molecule has 1 amide bonds. The van der Waals surface area contributed by atoms with Crippen molar-refractivity contribution >= 4 is 44.4 Å². The maximum Gasteiger partial charge on any atom is 0.256 e. The van der Waals surface area contributed by atoms with Crippen molar-refractivity contribution in [2.24, 2.45) is 0 Å². The van der Waals surface area contributed by atoms with Crippen LogP contribution in [0.3, 0.4) is 0 Å². The number of rotatable bonds is 10. The highest BCUT2D eigenvalue weighted by atomic mass is 19.1. The van der Waals surface area contributed by atoms with Crippen LogP contribution in [0.15, 0.2) is 57.9 Å². The summed E-state index contributed by atoms with van der Waals surface area (Å²) in [5, 5.41) is 8.05. The van der Waals surface area contributed by atoms with Gasteiger partial charge in [-0.2, -0.15) is 0 Å². The molecule has 4 heterocycles. The Kier molecular flexibility index (Phi) is 7.71. The fourth-order valence-electron chi connectivity index (χ4n) is 6.72. The summed E-state index contributed by atoms with van der Waals surface area (Å²) in [6.07, 6.45) is 6.36. The molecule has 5 aromatic rings. The molecule has 0 bridgehead atoms. The van der Waals surface area contributed by atoms with Gasteiger partial charge in [0.25, 0.3) is 5.91 Å². The van der Waals surface area contributed by atoms with Gasteiger partial charge in [-0.25, -0.2) is 4.39 Å². The van der Waals surface area contributed by atoms with Crippen LogP contribution < -0.4 is 20.8 Å². The number of anilines is 1. The van der Waals surface area contributed by atoms with Crippen molar-refractivity contribution in [2.45, 2.75) is 38.1 Å². The molecule has 0 aliphatic carbocycles. The Labute approximate surface area is 260 Å². The molecule has 7 rings (SSSR count). The van der Waals surface area contributed by atoms with E-state index in [1.54, 1.807) is 10.8 Å². The van der Waals surface area contributed by atoms with Gasteiger partial charge in [-0.1, -0.05) is 18.2 Å². The molecule has 2 aliphatic rings. The van der Waals surface area contributed by atoms with Crippen LogP contribution in [0.1, 0.15) is 42.5 Å². The number of carbonyl (C=O) groups excluding carboxylic acids is 1. The van der Waals surface area contributed by atoms with Gasteiger partial charge < -0.3 is 34.2 Å². The molecule has 2 aliphatic heterocycles. The van der Waals surface area contributed by atoms with Crippen molar-refractivity contribution in [3.63, 3.8) is 0 Å². The molecular weight excluding hydrogens is 573 g/mol. The standard InChI is InChI=1S/C35H38FN5O4/c1-39(2)15-7-6-13-38-35(43)25-20-41-27-19-29-23(22-10-4-5-11-28(22)44-29)18-30(27)45-34-31(26(36)17-24(32(34)41)33(25)42)37-14-12-21-9-8-16-40(21)3/h4-5,10-11,17-21,37H,6-9,12-16H2,1-3H3,(H,38,43). The number of fused-ring (bicyclic) bond motifs is 5. The third-order valence-electron chi connectivity index (χ3n) is 9.14. The maximum atomic E-state index is 15.9. The number of pyridine rings is 1. The maximum absolute atomic E-state index is 15.9. The summed E-state index contributed by atoms with van der Waals surface area (Å²) in [6, 6.07) is 13.1. The minimum absolute atomic E-state index is 0.0528. The van der Waals surface area contributed by atoms with E-state index < -0.39 is 17.2 Å². The predicted molar refractivity (Wildman–Crippen MR) is 176 cm³/mol. The van der Waals surface area contributed by atoms with Gasteiger partial charge in [0.05, 0.1) is 11.1 Å². The summed E-state index contributed by atoms with van der Waals surface area (Å²) in [4.78, 5) is 31.6. The zero-order chi connectivity index (χ0) is 31.2. The Balaban J connectivity index is 1.33. The monoisotopic (exact) mass is 611 g/mol. The van der Waals surface area contributed by atoms with Gasteiger partial charge in [0.1, 0.15) is 27.9 Å². The molecule has 45 heavy (non-hydrogen) atoms. The van der Waals surface area contributed by atoms with Crippen LogP contribution in [0.5, 0.6) is 11.5 Å². The largest absolute Gasteiger partial charge is 0.456 e. The Hall–Kier alpha value is -4.41. The highest BCUT2D eigenvalue weighted by Gasteiger charge is 2.30. The molecule has 9 nitrogen and oxygen atoms in total. The Morgan fingerprint density at radius 2 is 1.91 bits per heavy atom. The van der Waals surface area contributed by atoms with Crippen molar-refractivity contribution in [3.8, 4) is 17.2 Å². The van der Waals surface area contributed by atoms with Gasteiger partial charge >= 0.3 is 0 Å². The first-order valence-electron chi connectivity index (χ1n) is 15.7. The molecule has 2 N–H and O–H groups in total. The number of carbonyl (C=O) groups is 1. The first-order chi connectivity index (χ1) is 21.8. The van der Waals surface area contributed by atoms with Crippen LogP contribution >= 0.6 is 0 Å². The Morgan fingerprint density at radius 3 is 2.71 bits per heavy atom. The first-order valence-corrected chi connectivity index (χ1v) is 15.7. The number of benzene rings is 3. The van der Waals surface area contributed by atoms with E-state index in [1.165, 1.54) is 6.07 Å². The normalized spacial score (nSPS) is 16.1. The second kappa shape index (κ2) is 11.8. The Morgan fingerprint density at radius 1 is 1.07 bits per heavy atom. The lowest BCUT2D eigenvalue weighted by atomic mass is 10.0. The lowest BCUT2D eigenvalue weighted by molar-refractivity contribution is 0.0951. The number of unbranched alkanes of at least 4 members (excludes halogenated alkanes) is 1. The van der Waals surface area contributed by atoms with Crippen LogP contribution in [0, 0.1) is 5.82 Å². The van der Waals surface area contributed by atoms with Crippen LogP contribution in [0.25, 0.3) is 38.5 Å². The molecule has 10 heteroatoms. The van der Waals surface area contributed by atoms with Crippen LogP contribution in [0.2, 0.25) is 0 Å². The number of halogens is 1. The molecular formula is C35H38FN5O4. The van der Waals surface area contributed by atoms with Gasteiger partial charge in [0.15, 0.2) is 17.3 Å². The van der Waals surface area contributed by atoms with Gasteiger partial charge in [-0.15, -0.1) is 0 Å². The highest BCUT2D eigenvalue weighted by Crippen LogP contribution is 2.47. The third-order valence-corrected chi connectivity index (χ3v) is 9.14. The van der Waals surface area contributed by atoms with Gasteiger partial charge in [0, 0.05) is 42.2 Å². The van der Waals surface area contributed by atoms with Gasteiger partial charge in [0.2, 0.25) is 5.43 Å². The number of aromatic nitrogens is 1. The SMILES string of the molecule is CN(C)CCCCNC(=O)c1cn2c3c(c(NCCC4CCCN4C)c(F)cc3c1=O)Oc1cc3c(cc1-2)oc1ccccc13. The van der Waals surface area contributed by atoms with E-state index in [2.05, 4.69) is 27.5 Å². The number of hydrogen-bond acceptors (Lipinski definition) is 7. The molecule has 2 aromatic heterocycles. The lowest BCUT2D eigenvalue weighted by Crippen LogP contribution is -2.31. The average molecular weight is 612 g/mol. The zero-order valence-corrected chi connectivity index (χ0v) is 25.9. The fourth-order valence-corrected chi connectivity index (χ4v) is 6.72. The number of furan rings is 1. The third kappa shape index (κ3) is 5.32. The molecule has 3 aromatic carbocycles. The van der Waals surface area contributed by atoms with E-state index >= 15 is 4.39 Å². The van der Waals surface area contributed by atoms with Gasteiger partial charge in [-0.3, -0.25) is 9.59 Å². The predicted octanol–water partition coefficient (Wildman–Crippen LogP) is 6.10. The topological polar surface area (TPSA) is 92.0 Å². The van der Waals surface area contributed by atoms with E-state index in [0.29, 0.717) is 41.7 Å². The number of nitrogens with zero attached hydrogens (tertiary/aromatic N) is 3. The van der Waals surface area contributed by atoms with Crippen molar-refractivity contribution in [1.82, 2.24) is 19.7 Å². The summed E-state index contributed by atoms with van der Waals surface area (Å²) in [6.45, 7) is 2.95.